The van der Waals surface area contributed by atoms with Gasteiger partial charge in [0.1, 0.15) is 6.54 Å². The van der Waals surface area contributed by atoms with Crippen molar-refractivity contribution < 1.29 is 23.9 Å². The number of benzene rings is 1. The van der Waals surface area contributed by atoms with E-state index < -0.39 is 11.1 Å². The molecule has 2 aliphatic heterocycles. The normalized spacial score (nSPS) is 17.3. The molecule has 0 aromatic heterocycles. The van der Waals surface area contributed by atoms with Gasteiger partial charge < -0.3 is 19.7 Å². The highest BCUT2D eigenvalue weighted by Gasteiger charge is 2.36. The van der Waals surface area contributed by atoms with E-state index in [4.69, 9.17) is 9.47 Å². The Morgan fingerprint density at radius 2 is 2.07 bits per heavy atom. The van der Waals surface area contributed by atoms with Gasteiger partial charge in [-0.2, -0.15) is 0 Å². The van der Waals surface area contributed by atoms with Crippen molar-refractivity contribution in [1.29, 1.82) is 0 Å². The van der Waals surface area contributed by atoms with Crippen LogP contribution in [0.25, 0.3) is 6.08 Å². The van der Waals surface area contributed by atoms with Gasteiger partial charge in [-0.05, 0) is 62.6 Å². The van der Waals surface area contributed by atoms with E-state index in [1.165, 1.54) is 0 Å². The molecule has 1 aromatic rings. The fourth-order valence-electron chi connectivity index (χ4n) is 2.61. The number of imide groups is 1. The number of hydrogen-bond donors (Lipinski definition) is 1. The lowest BCUT2D eigenvalue weighted by atomic mass is 10.2. The number of hydrogen-bond acceptors (Lipinski definition) is 7. The van der Waals surface area contributed by atoms with Crippen LogP contribution < -0.4 is 14.8 Å². The first-order valence-electron chi connectivity index (χ1n) is 8.50. The molecule has 0 saturated carbocycles. The fraction of sp³-hybridized carbons (Fsp3) is 0.389. The van der Waals surface area contributed by atoms with E-state index in [-0.39, 0.29) is 24.2 Å². The van der Waals surface area contributed by atoms with Crippen molar-refractivity contribution in [2.45, 2.75) is 6.42 Å². The lowest BCUT2D eigenvalue weighted by Crippen LogP contribution is -2.40. The first-order chi connectivity index (χ1) is 12.9. The van der Waals surface area contributed by atoms with E-state index in [0.717, 1.165) is 35.2 Å². The molecular weight excluding hydrogens is 370 g/mol. The minimum absolute atomic E-state index is 0.166. The molecule has 0 unspecified atom stereocenters. The molecule has 0 radical (unpaired) electrons. The molecule has 3 rings (SSSR count). The third kappa shape index (κ3) is 4.81. The molecule has 8 nitrogen and oxygen atoms in total. The average Bonchev–Trinajstić information content (AvgIpc) is 3.18. The van der Waals surface area contributed by atoms with Crippen LogP contribution in [-0.4, -0.2) is 67.4 Å². The van der Waals surface area contributed by atoms with Crippen molar-refractivity contribution >= 4 is 34.9 Å². The van der Waals surface area contributed by atoms with E-state index in [1.54, 1.807) is 24.3 Å². The van der Waals surface area contributed by atoms with Gasteiger partial charge in [-0.15, -0.1) is 0 Å². The molecule has 2 aliphatic rings. The Hall–Kier alpha value is -2.52. The molecule has 9 heteroatoms. The number of carbonyl (C=O) groups is 3. The van der Waals surface area contributed by atoms with Gasteiger partial charge in [0.15, 0.2) is 11.5 Å². The zero-order chi connectivity index (χ0) is 19.4. The maximum absolute atomic E-state index is 12.5. The summed E-state index contributed by atoms with van der Waals surface area (Å²) in [6.45, 7) is 1.24. The van der Waals surface area contributed by atoms with E-state index in [2.05, 4.69) is 5.32 Å². The Labute approximate surface area is 161 Å². The van der Waals surface area contributed by atoms with Crippen LogP contribution in [0.2, 0.25) is 0 Å². The molecule has 2 heterocycles. The first-order valence-corrected chi connectivity index (χ1v) is 9.32. The summed E-state index contributed by atoms with van der Waals surface area (Å²) in [6.07, 6.45) is 2.41. The maximum atomic E-state index is 12.5. The van der Waals surface area contributed by atoms with Crippen molar-refractivity contribution in [3.05, 3.63) is 28.7 Å². The minimum atomic E-state index is -0.467. The molecule has 1 fully saturated rings. The van der Waals surface area contributed by atoms with Crippen molar-refractivity contribution in [3.8, 4) is 11.5 Å². The fourth-order valence-corrected chi connectivity index (χ4v) is 3.45. The molecule has 0 spiro atoms. The second-order valence-electron chi connectivity index (χ2n) is 6.39. The van der Waals surface area contributed by atoms with Gasteiger partial charge in [-0.25, -0.2) is 0 Å². The quantitative estimate of drug-likeness (QED) is 0.557. The predicted molar refractivity (Wildman–Crippen MR) is 101 cm³/mol. The van der Waals surface area contributed by atoms with Gasteiger partial charge in [-0.3, -0.25) is 19.3 Å². The molecule has 1 saturated heterocycles. The van der Waals surface area contributed by atoms with Crippen LogP contribution in [0.4, 0.5) is 4.79 Å². The summed E-state index contributed by atoms with van der Waals surface area (Å²) < 4.78 is 10.6. The summed E-state index contributed by atoms with van der Waals surface area (Å²) >= 11 is 0.824. The molecule has 1 aromatic carbocycles. The summed E-state index contributed by atoms with van der Waals surface area (Å²) in [5.74, 6) is 0.428. The monoisotopic (exact) mass is 391 g/mol. The van der Waals surface area contributed by atoms with Gasteiger partial charge in [0.05, 0.1) is 4.91 Å². The Bertz CT molecular complexity index is 793. The Balaban J connectivity index is 1.59. The molecule has 0 atom stereocenters. The van der Waals surface area contributed by atoms with E-state index in [9.17, 15) is 14.4 Å². The lowest BCUT2D eigenvalue weighted by molar-refractivity contribution is -0.129. The summed E-state index contributed by atoms with van der Waals surface area (Å²) in [5, 5.41) is 2.28. The van der Waals surface area contributed by atoms with Crippen molar-refractivity contribution in [2.24, 2.45) is 0 Å². The maximum Gasteiger partial charge on any atom is 0.294 e. The molecule has 27 heavy (non-hydrogen) atoms. The number of nitrogens with zero attached hydrogens (tertiary/aromatic N) is 2. The SMILES string of the molecule is CN(C)CCCNC(=O)CN1C(=O)S/C(=C/c2ccc3c(c2)OCO3)C1=O. The van der Waals surface area contributed by atoms with Crippen LogP contribution in [0.1, 0.15) is 12.0 Å². The molecule has 144 valence electrons. The van der Waals surface area contributed by atoms with Gasteiger partial charge in [0, 0.05) is 6.54 Å². The van der Waals surface area contributed by atoms with Crippen molar-refractivity contribution in [1.82, 2.24) is 15.1 Å². The van der Waals surface area contributed by atoms with Crippen LogP contribution in [0.15, 0.2) is 23.1 Å². The number of amides is 3. The highest BCUT2D eigenvalue weighted by atomic mass is 32.2. The predicted octanol–water partition coefficient (Wildman–Crippen LogP) is 1.52. The molecular formula is C18H21N3O5S. The van der Waals surface area contributed by atoms with Crippen molar-refractivity contribution in [2.75, 3.05) is 40.5 Å². The molecule has 0 bridgehead atoms. The first kappa shape index (κ1) is 19.2. The molecule has 3 amide bonds. The zero-order valence-electron chi connectivity index (χ0n) is 15.2. The van der Waals surface area contributed by atoms with Crippen LogP contribution >= 0.6 is 11.8 Å². The van der Waals surface area contributed by atoms with Gasteiger partial charge in [0.25, 0.3) is 11.1 Å². The van der Waals surface area contributed by atoms with Crippen molar-refractivity contribution in [3.63, 3.8) is 0 Å². The second-order valence-corrected chi connectivity index (χ2v) is 7.38. The van der Waals surface area contributed by atoms with Crippen LogP contribution in [0.5, 0.6) is 11.5 Å². The lowest BCUT2D eigenvalue weighted by Gasteiger charge is -2.13. The zero-order valence-corrected chi connectivity index (χ0v) is 16.0. The Morgan fingerprint density at radius 1 is 1.30 bits per heavy atom. The molecule has 0 aliphatic carbocycles. The van der Waals surface area contributed by atoms with E-state index in [1.807, 2.05) is 19.0 Å². The van der Waals surface area contributed by atoms with Gasteiger partial charge in [0.2, 0.25) is 12.7 Å². The average molecular weight is 391 g/mol. The minimum Gasteiger partial charge on any atom is -0.454 e. The Morgan fingerprint density at radius 3 is 2.85 bits per heavy atom. The van der Waals surface area contributed by atoms with Gasteiger partial charge in [-0.1, -0.05) is 6.07 Å². The van der Waals surface area contributed by atoms with E-state index in [0.29, 0.717) is 18.0 Å². The smallest absolute Gasteiger partial charge is 0.294 e. The number of nitrogens with one attached hydrogen (secondary N) is 1. The number of fused-ring (bicyclic) bond motifs is 1. The topological polar surface area (TPSA) is 88.2 Å². The summed E-state index contributed by atoms with van der Waals surface area (Å²) in [6, 6.07) is 5.27. The summed E-state index contributed by atoms with van der Waals surface area (Å²) in [7, 11) is 3.91. The summed E-state index contributed by atoms with van der Waals surface area (Å²) in [4.78, 5) is 39.9. The number of thioether (sulfide) groups is 1. The van der Waals surface area contributed by atoms with Crippen LogP contribution in [0.3, 0.4) is 0 Å². The molecule has 1 N–H and O–H groups in total. The third-order valence-corrected chi connectivity index (χ3v) is 4.88. The summed E-state index contributed by atoms with van der Waals surface area (Å²) in [5.41, 5.74) is 0.720. The highest BCUT2D eigenvalue weighted by Crippen LogP contribution is 2.36. The standard InChI is InChI=1S/C18H21N3O5S/c1-20(2)7-3-6-19-16(22)10-21-17(23)15(27-18(21)24)9-12-4-5-13-14(8-12)26-11-25-13/h4-5,8-9H,3,6-7,10-11H2,1-2H3,(H,19,22)/b15-9+. The van der Waals surface area contributed by atoms with E-state index >= 15 is 0 Å². The second kappa shape index (κ2) is 8.45. The van der Waals surface area contributed by atoms with Gasteiger partial charge >= 0.3 is 0 Å². The van der Waals surface area contributed by atoms with Crippen LogP contribution in [0, 0.1) is 0 Å². The number of ether oxygens (including phenoxy) is 2. The third-order valence-electron chi connectivity index (χ3n) is 3.97. The highest BCUT2D eigenvalue weighted by molar-refractivity contribution is 8.18. The Kier molecular flexibility index (Phi) is 6.02. The number of rotatable bonds is 7. The number of carbonyl (C=O) groups excluding carboxylic acids is 3. The largest absolute Gasteiger partial charge is 0.454 e. The van der Waals surface area contributed by atoms with Crippen LogP contribution in [-0.2, 0) is 9.59 Å².